The predicted molar refractivity (Wildman–Crippen MR) is 69.5 cm³/mol. The van der Waals surface area contributed by atoms with Gasteiger partial charge in [0.2, 0.25) is 5.91 Å². The summed E-state index contributed by atoms with van der Waals surface area (Å²) in [6.07, 6.45) is 6.76. The highest BCUT2D eigenvalue weighted by molar-refractivity contribution is 5.80. The largest absolute Gasteiger partial charge is 0.340 e. The van der Waals surface area contributed by atoms with E-state index in [1.807, 2.05) is 0 Å². The molecular formula is C14H26N2O. The molecule has 2 fully saturated rings. The Bertz CT molecular complexity index is 279. The maximum absolute atomic E-state index is 12.6. The van der Waals surface area contributed by atoms with Crippen LogP contribution in [0.25, 0.3) is 0 Å². The molecule has 1 heterocycles. The Balaban J connectivity index is 2.02. The molecule has 0 aromatic carbocycles. The van der Waals surface area contributed by atoms with Gasteiger partial charge in [-0.05, 0) is 51.4 Å². The van der Waals surface area contributed by atoms with Crippen molar-refractivity contribution in [1.29, 1.82) is 0 Å². The fraction of sp³-hybridized carbons (Fsp3) is 0.929. The standard InChI is InChI=1S/C14H26N2O/c1-10-6-7-13(15)12(9-10)14(17)16-8-4-3-5-11(16)2/h10-13H,3-9,15H2,1-2H3. The maximum atomic E-state index is 12.6. The highest BCUT2D eigenvalue weighted by Gasteiger charge is 2.36. The molecule has 1 aliphatic carbocycles. The Kier molecular flexibility index (Phi) is 4.08. The Morgan fingerprint density at radius 1 is 1.18 bits per heavy atom. The second-order valence-electron chi connectivity index (χ2n) is 6.07. The van der Waals surface area contributed by atoms with Gasteiger partial charge in [-0.3, -0.25) is 4.79 Å². The predicted octanol–water partition coefficient (Wildman–Crippen LogP) is 2.15. The van der Waals surface area contributed by atoms with Crippen molar-refractivity contribution in [1.82, 2.24) is 4.90 Å². The minimum Gasteiger partial charge on any atom is -0.340 e. The number of amides is 1. The minimum atomic E-state index is 0.0827. The van der Waals surface area contributed by atoms with Crippen LogP contribution in [0.2, 0.25) is 0 Å². The zero-order valence-electron chi connectivity index (χ0n) is 11.2. The summed E-state index contributed by atoms with van der Waals surface area (Å²) in [5.41, 5.74) is 6.15. The van der Waals surface area contributed by atoms with E-state index >= 15 is 0 Å². The van der Waals surface area contributed by atoms with Gasteiger partial charge >= 0.3 is 0 Å². The Morgan fingerprint density at radius 3 is 2.65 bits per heavy atom. The molecule has 1 saturated carbocycles. The third-order valence-electron chi connectivity index (χ3n) is 4.57. The lowest BCUT2D eigenvalue weighted by molar-refractivity contribution is -0.141. The van der Waals surface area contributed by atoms with Gasteiger partial charge in [-0.15, -0.1) is 0 Å². The van der Waals surface area contributed by atoms with Gasteiger partial charge in [0.05, 0.1) is 5.92 Å². The summed E-state index contributed by atoms with van der Waals surface area (Å²) in [6, 6.07) is 0.508. The lowest BCUT2D eigenvalue weighted by atomic mass is 9.78. The highest BCUT2D eigenvalue weighted by atomic mass is 16.2. The number of carbonyl (C=O) groups excluding carboxylic acids is 1. The fourth-order valence-corrected chi connectivity index (χ4v) is 3.33. The van der Waals surface area contributed by atoms with E-state index < -0.39 is 0 Å². The van der Waals surface area contributed by atoms with Crippen molar-refractivity contribution in [3.63, 3.8) is 0 Å². The molecule has 0 aromatic rings. The molecule has 4 atom stereocenters. The first-order chi connectivity index (χ1) is 8.09. The van der Waals surface area contributed by atoms with Gasteiger partial charge in [0.25, 0.3) is 0 Å². The summed E-state index contributed by atoms with van der Waals surface area (Å²) in [5.74, 6) is 1.07. The number of nitrogens with zero attached hydrogens (tertiary/aromatic N) is 1. The number of carbonyl (C=O) groups is 1. The van der Waals surface area contributed by atoms with Crippen molar-refractivity contribution in [2.24, 2.45) is 17.6 Å². The quantitative estimate of drug-likeness (QED) is 0.761. The molecule has 98 valence electrons. The molecule has 1 saturated heterocycles. The summed E-state index contributed by atoms with van der Waals surface area (Å²) >= 11 is 0. The first-order valence-corrected chi connectivity index (χ1v) is 7.15. The smallest absolute Gasteiger partial charge is 0.227 e. The van der Waals surface area contributed by atoms with E-state index in [2.05, 4.69) is 18.7 Å². The lowest BCUT2D eigenvalue weighted by Gasteiger charge is -2.39. The molecule has 4 unspecified atom stereocenters. The van der Waals surface area contributed by atoms with Gasteiger partial charge in [-0.25, -0.2) is 0 Å². The van der Waals surface area contributed by atoms with Crippen molar-refractivity contribution >= 4 is 5.91 Å². The van der Waals surface area contributed by atoms with Gasteiger partial charge in [0.1, 0.15) is 0 Å². The summed E-state index contributed by atoms with van der Waals surface area (Å²) in [5, 5.41) is 0. The molecule has 0 radical (unpaired) electrons. The van der Waals surface area contributed by atoms with Crippen LogP contribution in [-0.2, 0) is 4.79 Å². The van der Waals surface area contributed by atoms with Crippen LogP contribution in [0.4, 0.5) is 0 Å². The number of piperidine rings is 1. The summed E-state index contributed by atoms with van der Waals surface area (Å²) in [7, 11) is 0. The zero-order chi connectivity index (χ0) is 12.4. The highest BCUT2D eigenvalue weighted by Crippen LogP contribution is 2.31. The average molecular weight is 238 g/mol. The Labute approximate surface area is 105 Å². The van der Waals surface area contributed by atoms with E-state index in [4.69, 9.17) is 5.73 Å². The van der Waals surface area contributed by atoms with Gasteiger partial charge in [-0.1, -0.05) is 6.92 Å². The van der Waals surface area contributed by atoms with Crippen LogP contribution in [0.15, 0.2) is 0 Å². The van der Waals surface area contributed by atoms with Crippen molar-refractivity contribution in [2.45, 2.75) is 64.5 Å². The zero-order valence-corrected chi connectivity index (χ0v) is 11.2. The average Bonchev–Trinajstić information content (AvgIpc) is 2.32. The topological polar surface area (TPSA) is 46.3 Å². The fourth-order valence-electron chi connectivity index (χ4n) is 3.33. The normalized spacial score (nSPS) is 39.1. The minimum absolute atomic E-state index is 0.0827. The van der Waals surface area contributed by atoms with Crippen molar-refractivity contribution in [2.75, 3.05) is 6.54 Å². The third kappa shape index (κ3) is 2.82. The van der Waals surface area contributed by atoms with Crippen LogP contribution in [-0.4, -0.2) is 29.4 Å². The van der Waals surface area contributed by atoms with Crippen LogP contribution >= 0.6 is 0 Å². The van der Waals surface area contributed by atoms with E-state index in [1.54, 1.807) is 0 Å². The monoisotopic (exact) mass is 238 g/mol. The molecule has 2 aliphatic rings. The molecule has 3 nitrogen and oxygen atoms in total. The summed E-state index contributed by atoms with van der Waals surface area (Å²) < 4.78 is 0. The molecule has 0 spiro atoms. The van der Waals surface area contributed by atoms with Crippen LogP contribution in [0, 0.1) is 11.8 Å². The number of likely N-dealkylation sites (tertiary alicyclic amines) is 1. The maximum Gasteiger partial charge on any atom is 0.227 e. The second kappa shape index (κ2) is 5.38. The number of rotatable bonds is 1. The summed E-state index contributed by atoms with van der Waals surface area (Å²) in [4.78, 5) is 14.7. The van der Waals surface area contributed by atoms with E-state index in [0.29, 0.717) is 17.9 Å². The molecule has 2 rings (SSSR count). The number of hydrogen-bond acceptors (Lipinski definition) is 2. The lowest BCUT2D eigenvalue weighted by Crippen LogP contribution is -2.51. The Morgan fingerprint density at radius 2 is 1.94 bits per heavy atom. The van der Waals surface area contributed by atoms with Crippen LogP contribution in [0.3, 0.4) is 0 Å². The molecule has 2 N–H and O–H groups in total. The molecular weight excluding hydrogens is 212 g/mol. The van der Waals surface area contributed by atoms with Gasteiger partial charge in [-0.2, -0.15) is 0 Å². The van der Waals surface area contributed by atoms with E-state index in [1.165, 1.54) is 12.8 Å². The molecule has 17 heavy (non-hydrogen) atoms. The first-order valence-electron chi connectivity index (χ1n) is 7.15. The van der Waals surface area contributed by atoms with Crippen LogP contribution in [0.5, 0.6) is 0 Å². The van der Waals surface area contributed by atoms with E-state index in [9.17, 15) is 4.79 Å². The van der Waals surface area contributed by atoms with Crippen LogP contribution < -0.4 is 5.73 Å². The molecule has 3 heteroatoms. The second-order valence-corrected chi connectivity index (χ2v) is 6.07. The number of nitrogens with two attached hydrogens (primary N) is 1. The van der Waals surface area contributed by atoms with Gasteiger partial charge in [0.15, 0.2) is 0 Å². The third-order valence-corrected chi connectivity index (χ3v) is 4.57. The molecule has 0 bridgehead atoms. The Hall–Kier alpha value is -0.570. The summed E-state index contributed by atoms with van der Waals surface area (Å²) in [6.45, 7) is 5.36. The molecule has 0 aromatic heterocycles. The van der Waals surface area contributed by atoms with Crippen molar-refractivity contribution < 1.29 is 4.79 Å². The van der Waals surface area contributed by atoms with E-state index in [0.717, 1.165) is 32.2 Å². The van der Waals surface area contributed by atoms with Gasteiger partial charge in [0, 0.05) is 18.6 Å². The SMILES string of the molecule is CC1CCC(N)C(C(=O)N2CCCCC2C)C1. The van der Waals surface area contributed by atoms with Crippen molar-refractivity contribution in [3.05, 3.63) is 0 Å². The number of hydrogen-bond donors (Lipinski definition) is 1. The molecule has 1 amide bonds. The molecule has 1 aliphatic heterocycles. The van der Waals surface area contributed by atoms with Gasteiger partial charge < -0.3 is 10.6 Å². The first kappa shape index (κ1) is 12.9. The van der Waals surface area contributed by atoms with Crippen LogP contribution in [0.1, 0.15) is 52.4 Å². The van der Waals surface area contributed by atoms with E-state index in [-0.39, 0.29) is 12.0 Å². The van der Waals surface area contributed by atoms with Crippen molar-refractivity contribution in [3.8, 4) is 0 Å².